The summed E-state index contributed by atoms with van der Waals surface area (Å²) >= 11 is 13.5. The van der Waals surface area contributed by atoms with Crippen molar-refractivity contribution in [2.75, 3.05) is 0 Å². The van der Waals surface area contributed by atoms with Crippen LogP contribution in [0.4, 0.5) is 0 Å². The van der Waals surface area contributed by atoms with Gasteiger partial charge in [-0.3, -0.25) is 4.98 Å². The minimum Gasteiger partial charge on any atom is -0.310 e. The zero-order valence-corrected chi connectivity index (χ0v) is 12.4. The normalized spacial score (nSPS) is 11.2. The predicted octanol–water partition coefficient (Wildman–Crippen LogP) is 4.01. The van der Waals surface area contributed by atoms with Gasteiger partial charge in [-0.2, -0.15) is 0 Å². The fourth-order valence-electron chi connectivity index (χ4n) is 1.38. The van der Waals surface area contributed by atoms with Crippen molar-refractivity contribution < 1.29 is 0 Å². The third kappa shape index (κ3) is 3.42. The molecule has 0 saturated heterocycles. The van der Waals surface area contributed by atoms with Crippen molar-refractivity contribution >= 4 is 34.5 Å². The van der Waals surface area contributed by atoms with E-state index in [1.54, 1.807) is 23.6 Å². The molecule has 0 unspecified atom stereocenters. The molecule has 6 heteroatoms. The molecule has 2 aromatic heterocycles. The van der Waals surface area contributed by atoms with Crippen LogP contribution < -0.4 is 5.32 Å². The van der Waals surface area contributed by atoms with Crippen molar-refractivity contribution in [1.82, 2.24) is 15.3 Å². The van der Waals surface area contributed by atoms with Crippen LogP contribution in [0.5, 0.6) is 0 Å². The van der Waals surface area contributed by atoms with Gasteiger partial charge in [-0.1, -0.05) is 37.0 Å². The van der Waals surface area contributed by atoms with Gasteiger partial charge >= 0.3 is 0 Å². The highest BCUT2D eigenvalue weighted by Crippen LogP contribution is 2.30. The standard InChI is InChI=1S/C12H13Cl2N3S/c1-7(2)15-5-9-6-17-12(18-9)11-10(14)3-8(13)4-16-11/h3-4,6-7,15H,5H2,1-2H3. The second kappa shape index (κ2) is 5.97. The van der Waals surface area contributed by atoms with Crippen molar-refractivity contribution in [3.8, 4) is 10.7 Å². The largest absolute Gasteiger partial charge is 0.310 e. The molecule has 0 saturated carbocycles. The van der Waals surface area contributed by atoms with Crippen molar-refractivity contribution in [2.24, 2.45) is 0 Å². The van der Waals surface area contributed by atoms with E-state index >= 15 is 0 Å². The van der Waals surface area contributed by atoms with Gasteiger partial charge in [0.25, 0.3) is 0 Å². The third-order valence-corrected chi connectivity index (χ3v) is 3.75. The van der Waals surface area contributed by atoms with Gasteiger partial charge in [-0.05, 0) is 6.07 Å². The summed E-state index contributed by atoms with van der Waals surface area (Å²) in [6.45, 7) is 5.03. The van der Waals surface area contributed by atoms with Gasteiger partial charge in [-0.25, -0.2) is 4.98 Å². The highest BCUT2D eigenvalue weighted by Gasteiger charge is 2.10. The summed E-state index contributed by atoms with van der Waals surface area (Å²) in [5, 5.41) is 5.22. The molecule has 0 spiro atoms. The molecular weight excluding hydrogens is 289 g/mol. The Kier molecular flexibility index (Phi) is 4.56. The topological polar surface area (TPSA) is 37.8 Å². The average Bonchev–Trinajstić information content (AvgIpc) is 2.75. The SMILES string of the molecule is CC(C)NCc1cnc(-c2ncc(Cl)cc2Cl)s1. The number of hydrogen-bond acceptors (Lipinski definition) is 4. The molecule has 0 bridgehead atoms. The van der Waals surface area contributed by atoms with E-state index in [-0.39, 0.29) is 0 Å². The minimum atomic E-state index is 0.452. The first kappa shape index (κ1) is 13.7. The van der Waals surface area contributed by atoms with Crippen LogP contribution in [-0.2, 0) is 6.54 Å². The van der Waals surface area contributed by atoms with E-state index in [4.69, 9.17) is 23.2 Å². The molecule has 1 N–H and O–H groups in total. The van der Waals surface area contributed by atoms with E-state index in [1.165, 1.54) is 0 Å². The maximum Gasteiger partial charge on any atom is 0.143 e. The molecule has 0 aliphatic rings. The first-order valence-corrected chi connectivity index (χ1v) is 7.13. The number of aromatic nitrogens is 2. The van der Waals surface area contributed by atoms with E-state index in [9.17, 15) is 0 Å². The Hall–Kier alpha value is -0.680. The number of pyridine rings is 1. The number of rotatable bonds is 4. The van der Waals surface area contributed by atoms with Crippen LogP contribution in [-0.4, -0.2) is 16.0 Å². The first-order chi connectivity index (χ1) is 8.56. The highest BCUT2D eigenvalue weighted by molar-refractivity contribution is 7.15. The molecular formula is C12H13Cl2N3S. The van der Waals surface area contributed by atoms with E-state index in [1.807, 2.05) is 6.20 Å². The third-order valence-electron chi connectivity index (χ3n) is 2.25. The van der Waals surface area contributed by atoms with Crippen LogP contribution in [0.25, 0.3) is 10.7 Å². The Morgan fingerprint density at radius 2 is 2.06 bits per heavy atom. The summed E-state index contributed by atoms with van der Waals surface area (Å²) in [4.78, 5) is 9.72. The molecule has 0 aliphatic carbocycles. The molecule has 2 heterocycles. The van der Waals surface area contributed by atoms with Crippen molar-refractivity contribution in [3.63, 3.8) is 0 Å². The van der Waals surface area contributed by atoms with E-state index in [0.29, 0.717) is 21.8 Å². The van der Waals surface area contributed by atoms with Crippen LogP contribution in [0.3, 0.4) is 0 Å². The van der Waals surface area contributed by atoms with Crippen LogP contribution in [0.1, 0.15) is 18.7 Å². The highest BCUT2D eigenvalue weighted by atomic mass is 35.5. The number of nitrogens with one attached hydrogen (secondary N) is 1. The lowest BCUT2D eigenvalue weighted by Gasteiger charge is -2.04. The van der Waals surface area contributed by atoms with Crippen molar-refractivity contribution in [1.29, 1.82) is 0 Å². The Morgan fingerprint density at radius 3 is 2.72 bits per heavy atom. The molecule has 0 radical (unpaired) electrons. The second-order valence-electron chi connectivity index (χ2n) is 4.15. The molecule has 96 valence electrons. The predicted molar refractivity (Wildman–Crippen MR) is 77.3 cm³/mol. The molecule has 2 rings (SSSR count). The first-order valence-electron chi connectivity index (χ1n) is 5.56. The second-order valence-corrected chi connectivity index (χ2v) is 6.11. The summed E-state index contributed by atoms with van der Waals surface area (Å²) in [6, 6.07) is 2.13. The number of nitrogens with zero attached hydrogens (tertiary/aromatic N) is 2. The lowest BCUT2D eigenvalue weighted by Crippen LogP contribution is -2.21. The maximum atomic E-state index is 6.10. The van der Waals surface area contributed by atoms with Crippen LogP contribution in [0.2, 0.25) is 10.0 Å². The quantitative estimate of drug-likeness (QED) is 0.927. The van der Waals surface area contributed by atoms with Crippen LogP contribution in [0.15, 0.2) is 18.5 Å². The van der Waals surface area contributed by atoms with E-state index < -0.39 is 0 Å². The number of hydrogen-bond donors (Lipinski definition) is 1. The van der Waals surface area contributed by atoms with Crippen molar-refractivity contribution in [2.45, 2.75) is 26.4 Å². The molecule has 0 aromatic carbocycles. The monoisotopic (exact) mass is 301 g/mol. The Morgan fingerprint density at radius 1 is 1.28 bits per heavy atom. The van der Waals surface area contributed by atoms with Gasteiger partial charge in [0.2, 0.25) is 0 Å². The summed E-state index contributed by atoms with van der Waals surface area (Å²) in [5.41, 5.74) is 0.682. The number of halogens is 2. The lowest BCUT2D eigenvalue weighted by molar-refractivity contribution is 0.593. The molecule has 0 aliphatic heterocycles. The molecule has 0 atom stereocenters. The maximum absolute atomic E-state index is 6.10. The summed E-state index contributed by atoms with van der Waals surface area (Å²) < 4.78 is 0. The molecule has 2 aromatic rings. The molecule has 18 heavy (non-hydrogen) atoms. The lowest BCUT2D eigenvalue weighted by atomic mass is 10.3. The van der Waals surface area contributed by atoms with Crippen molar-refractivity contribution in [3.05, 3.63) is 33.4 Å². The summed E-state index contributed by atoms with van der Waals surface area (Å²) in [6.07, 6.45) is 3.43. The van der Waals surface area contributed by atoms with E-state index in [0.717, 1.165) is 16.4 Å². The van der Waals surface area contributed by atoms with E-state index in [2.05, 4.69) is 29.1 Å². The van der Waals surface area contributed by atoms with Crippen LogP contribution in [0, 0.1) is 0 Å². The van der Waals surface area contributed by atoms with Gasteiger partial charge in [0.15, 0.2) is 0 Å². The average molecular weight is 302 g/mol. The zero-order chi connectivity index (χ0) is 13.1. The molecule has 3 nitrogen and oxygen atoms in total. The fraction of sp³-hybridized carbons (Fsp3) is 0.333. The molecule has 0 amide bonds. The van der Waals surface area contributed by atoms with Gasteiger partial charge < -0.3 is 5.32 Å². The minimum absolute atomic E-state index is 0.452. The van der Waals surface area contributed by atoms with Gasteiger partial charge in [0.05, 0.1) is 10.0 Å². The smallest absolute Gasteiger partial charge is 0.143 e. The zero-order valence-electron chi connectivity index (χ0n) is 10.1. The van der Waals surface area contributed by atoms with Crippen LogP contribution >= 0.6 is 34.5 Å². The Balaban J connectivity index is 2.18. The number of thiazole rings is 1. The summed E-state index contributed by atoms with van der Waals surface area (Å²) in [7, 11) is 0. The fourth-order valence-corrected chi connectivity index (χ4v) is 2.77. The van der Waals surface area contributed by atoms with Gasteiger partial charge in [0, 0.05) is 29.9 Å². The molecule has 0 fully saturated rings. The summed E-state index contributed by atoms with van der Waals surface area (Å²) in [5.74, 6) is 0. The van der Waals surface area contributed by atoms with Gasteiger partial charge in [-0.15, -0.1) is 11.3 Å². The Bertz CT molecular complexity index is 540. The van der Waals surface area contributed by atoms with Gasteiger partial charge in [0.1, 0.15) is 10.7 Å². The Labute approximate surface area is 120 Å².